The van der Waals surface area contributed by atoms with Gasteiger partial charge in [0.05, 0.1) is 5.69 Å². The summed E-state index contributed by atoms with van der Waals surface area (Å²) in [7, 11) is 1.70. The molecule has 0 fully saturated rings. The van der Waals surface area contributed by atoms with Crippen LogP contribution in [0.4, 0.5) is 10.2 Å². The van der Waals surface area contributed by atoms with Gasteiger partial charge in [0.15, 0.2) is 11.6 Å². The van der Waals surface area contributed by atoms with E-state index in [-0.39, 0.29) is 11.6 Å². The van der Waals surface area contributed by atoms with Crippen LogP contribution in [0, 0.1) is 5.82 Å². The van der Waals surface area contributed by atoms with Gasteiger partial charge in [-0.15, -0.1) is 0 Å². The van der Waals surface area contributed by atoms with Crippen LogP contribution in [0.1, 0.15) is 41.6 Å². The van der Waals surface area contributed by atoms with Crippen molar-refractivity contribution in [2.24, 2.45) is 10.7 Å². The number of benzene rings is 1. The Labute approximate surface area is 184 Å². The van der Waals surface area contributed by atoms with Crippen molar-refractivity contribution in [1.82, 2.24) is 9.36 Å². The van der Waals surface area contributed by atoms with Gasteiger partial charge in [-0.25, -0.2) is 9.37 Å². The van der Waals surface area contributed by atoms with E-state index in [9.17, 15) is 4.39 Å². The van der Waals surface area contributed by atoms with Gasteiger partial charge in [-0.05, 0) is 54.7 Å². The van der Waals surface area contributed by atoms with Crippen molar-refractivity contribution < 1.29 is 9.13 Å². The Morgan fingerprint density at radius 2 is 2.13 bits per heavy atom. The Kier molecular flexibility index (Phi) is 5.73. The van der Waals surface area contributed by atoms with Crippen LogP contribution in [0.2, 0.25) is 0 Å². The number of nitrogens with two attached hydrogens (primary N) is 2. The molecule has 4 rings (SSSR count). The summed E-state index contributed by atoms with van der Waals surface area (Å²) in [6, 6.07) is 6.40. The van der Waals surface area contributed by atoms with E-state index in [1.165, 1.54) is 23.7 Å². The molecule has 1 aliphatic heterocycles. The summed E-state index contributed by atoms with van der Waals surface area (Å²) in [6.45, 7) is 3.91. The molecule has 0 amide bonds. The van der Waals surface area contributed by atoms with Crippen molar-refractivity contribution in [2.75, 3.05) is 12.8 Å². The summed E-state index contributed by atoms with van der Waals surface area (Å²) in [5, 5.41) is 0. The Morgan fingerprint density at radius 3 is 2.87 bits per heavy atom. The number of hydrogen-bond acceptors (Lipinski definition) is 7. The molecule has 3 aromatic rings. The average Bonchev–Trinajstić information content (AvgIpc) is 3.16. The first kappa shape index (κ1) is 21.0. The molecule has 31 heavy (non-hydrogen) atoms. The number of aryl methyl sites for hydroxylation is 1. The fraction of sp³-hybridized carbons (Fsp3) is 0.261. The molecule has 4 N–H and O–H groups in total. The number of allylic oxidation sites excluding steroid dienone is 1. The van der Waals surface area contributed by atoms with Crippen molar-refractivity contribution in [2.45, 2.75) is 32.8 Å². The minimum Gasteiger partial charge on any atom is -0.482 e. The largest absolute Gasteiger partial charge is 0.482 e. The number of halogens is 1. The zero-order chi connectivity index (χ0) is 22.1. The lowest BCUT2D eigenvalue weighted by Gasteiger charge is -2.22. The highest BCUT2D eigenvalue weighted by atomic mass is 32.1. The minimum absolute atomic E-state index is 0.274. The first-order chi connectivity index (χ1) is 14.9. The lowest BCUT2D eigenvalue weighted by Crippen LogP contribution is -2.13. The number of anilines is 1. The van der Waals surface area contributed by atoms with E-state index < -0.39 is 6.10 Å². The zero-order valence-electron chi connectivity index (χ0n) is 17.6. The second-order valence-electron chi connectivity index (χ2n) is 7.38. The predicted molar refractivity (Wildman–Crippen MR) is 124 cm³/mol. The number of rotatable bonds is 2. The monoisotopic (exact) mass is 437 g/mol. The molecule has 160 valence electrons. The molecule has 1 aliphatic rings. The molecular formula is C23H24FN5OS. The molecule has 0 aliphatic carbocycles. The summed E-state index contributed by atoms with van der Waals surface area (Å²) in [5.41, 5.74) is 18.3. The Hall–Kier alpha value is -3.26. The second-order valence-corrected chi connectivity index (χ2v) is 8.24. The van der Waals surface area contributed by atoms with Crippen molar-refractivity contribution in [1.29, 1.82) is 0 Å². The SMILES string of the molecule is CCc1nsc2c1-c1cnc(N)c(c1)OC(C)c1cc(F)ccc1C(N)=C(C=NC)C2. The maximum absolute atomic E-state index is 14.2. The Morgan fingerprint density at radius 1 is 1.32 bits per heavy atom. The zero-order valence-corrected chi connectivity index (χ0v) is 18.5. The van der Waals surface area contributed by atoms with Crippen LogP contribution in [-0.2, 0) is 12.8 Å². The lowest BCUT2D eigenvalue weighted by atomic mass is 9.94. The van der Waals surface area contributed by atoms with E-state index in [4.69, 9.17) is 16.2 Å². The molecule has 0 saturated heterocycles. The number of fused-ring (bicyclic) bond motifs is 5. The molecule has 2 aromatic heterocycles. The first-order valence-corrected chi connectivity index (χ1v) is 10.8. The van der Waals surface area contributed by atoms with E-state index in [1.54, 1.807) is 25.5 Å². The van der Waals surface area contributed by atoms with E-state index in [0.29, 0.717) is 29.0 Å². The molecule has 0 radical (unpaired) electrons. The van der Waals surface area contributed by atoms with Gasteiger partial charge in [0.25, 0.3) is 0 Å². The third-order valence-corrected chi connectivity index (χ3v) is 6.25. The summed E-state index contributed by atoms with van der Waals surface area (Å²) < 4.78 is 25.0. The van der Waals surface area contributed by atoms with Gasteiger partial charge in [0.2, 0.25) is 0 Å². The van der Waals surface area contributed by atoms with Gasteiger partial charge in [0, 0.05) is 58.7 Å². The van der Waals surface area contributed by atoms with E-state index in [0.717, 1.165) is 33.7 Å². The highest BCUT2D eigenvalue weighted by Crippen LogP contribution is 2.38. The smallest absolute Gasteiger partial charge is 0.166 e. The fourth-order valence-corrected chi connectivity index (χ4v) is 4.81. The lowest BCUT2D eigenvalue weighted by molar-refractivity contribution is 0.227. The molecule has 2 bridgehead atoms. The standard InChI is InChI=1S/C23H24FN5OS/c1-4-18-21-13-7-19(23(26)28-11-13)30-12(2)17-9-15(24)5-6-16(17)22(25)14(10-27-3)8-20(21)31-29-18/h5-7,9-12H,4,8,25H2,1-3H3,(H2,26,28). The maximum atomic E-state index is 14.2. The molecular weight excluding hydrogens is 413 g/mol. The van der Waals surface area contributed by atoms with Gasteiger partial charge in [-0.2, -0.15) is 4.37 Å². The van der Waals surface area contributed by atoms with Crippen molar-refractivity contribution in [3.8, 4) is 16.9 Å². The minimum atomic E-state index is -0.506. The summed E-state index contributed by atoms with van der Waals surface area (Å²) >= 11 is 1.44. The van der Waals surface area contributed by atoms with Gasteiger partial charge in [-0.1, -0.05) is 6.92 Å². The average molecular weight is 438 g/mol. The first-order valence-electron chi connectivity index (χ1n) is 10.0. The molecule has 8 heteroatoms. The van der Waals surface area contributed by atoms with Crippen LogP contribution in [0.25, 0.3) is 16.8 Å². The molecule has 1 unspecified atom stereocenters. The number of nitrogens with zero attached hydrogens (tertiary/aromatic N) is 3. The van der Waals surface area contributed by atoms with Crippen molar-refractivity contribution in [3.63, 3.8) is 0 Å². The van der Waals surface area contributed by atoms with Gasteiger partial charge < -0.3 is 16.2 Å². The van der Waals surface area contributed by atoms with E-state index in [2.05, 4.69) is 21.3 Å². The third kappa shape index (κ3) is 3.90. The number of ether oxygens (including phenoxy) is 1. The maximum Gasteiger partial charge on any atom is 0.166 e. The van der Waals surface area contributed by atoms with E-state index >= 15 is 0 Å². The van der Waals surface area contributed by atoms with Gasteiger partial charge in [-0.3, -0.25) is 4.99 Å². The van der Waals surface area contributed by atoms with Gasteiger partial charge >= 0.3 is 0 Å². The van der Waals surface area contributed by atoms with Crippen molar-refractivity contribution >= 4 is 29.3 Å². The number of nitrogen functional groups attached to an aromatic ring is 1. The third-order valence-electron chi connectivity index (χ3n) is 5.37. The predicted octanol–water partition coefficient (Wildman–Crippen LogP) is 4.56. The highest BCUT2D eigenvalue weighted by molar-refractivity contribution is 7.06. The van der Waals surface area contributed by atoms with Crippen LogP contribution >= 0.6 is 11.5 Å². The fourth-order valence-electron chi connectivity index (χ4n) is 3.82. The molecule has 1 aromatic carbocycles. The van der Waals surface area contributed by atoms with Crippen LogP contribution < -0.4 is 16.2 Å². The summed E-state index contributed by atoms with van der Waals surface area (Å²) in [5.74, 6) is 0.352. The number of hydrogen-bond donors (Lipinski definition) is 2. The Bertz CT molecular complexity index is 1200. The second kappa shape index (κ2) is 8.47. The summed E-state index contributed by atoms with van der Waals surface area (Å²) in [4.78, 5) is 9.61. The molecule has 0 saturated carbocycles. The topological polar surface area (TPSA) is 99.4 Å². The number of aromatic nitrogens is 2. The van der Waals surface area contributed by atoms with E-state index in [1.807, 2.05) is 13.0 Å². The number of aliphatic imine (C=N–C) groups is 1. The van der Waals surface area contributed by atoms with Crippen LogP contribution in [0.5, 0.6) is 5.75 Å². The molecule has 6 nitrogen and oxygen atoms in total. The Balaban J connectivity index is 2.03. The van der Waals surface area contributed by atoms with Gasteiger partial charge in [0.1, 0.15) is 11.9 Å². The highest BCUT2D eigenvalue weighted by Gasteiger charge is 2.23. The van der Waals surface area contributed by atoms with Crippen molar-refractivity contribution in [3.05, 3.63) is 63.6 Å². The molecule has 0 spiro atoms. The van der Waals surface area contributed by atoms with Crippen LogP contribution in [-0.4, -0.2) is 22.6 Å². The number of pyridine rings is 1. The quantitative estimate of drug-likeness (QED) is 0.573. The molecule has 1 atom stereocenters. The summed E-state index contributed by atoms with van der Waals surface area (Å²) in [6.07, 6.45) is 4.30. The molecule has 3 heterocycles. The van der Waals surface area contributed by atoms with Crippen LogP contribution in [0.3, 0.4) is 0 Å². The normalized spacial score (nSPS) is 16.3. The van der Waals surface area contributed by atoms with Crippen LogP contribution in [0.15, 0.2) is 41.0 Å².